The molecule has 0 spiro atoms. The molecule has 0 bridgehead atoms. The fraction of sp³-hybridized carbons (Fsp3) is 0.692. The standard InChI is InChI=1S/C13H22N4/c1-3-12-10(2)9-15-13(16-12)17-6-4-11(8-14)5-7-17/h9,11H,3-8,14H2,1-2H3. The molecule has 0 atom stereocenters. The molecule has 17 heavy (non-hydrogen) atoms. The van der Waals surface area contributed by atoms with Crippen LogP contribution in [0.2, 0.25) is 0 Å². The highest BCUT2D eigenvalue weighted by atomic mass is 15.3. The predicted octanol–water partition coefficient (Wildman–Crippen LogP) is 1.52. The van der Waals surface area contributed by atoms with Gasteiger partial charge in [0.2, 0.25) is 5.95 Å². The van der Waals surface area contributed by atoms with Gasteiger partial charge < -0.3 is 10.6 Å². The molecule has 1 aliphatic heterocycles. The molecule has 2 rings (SSSR count). The number of hydrogen-bond acceptors (Lipinski definition) is 4. The van der Waals surface area contributed by atoms with Gasteiger partial charge in [-0.1, -0.05) is 6.92 Å². The number of aryl methyl sites for hydroxylation is 2. The van der Waals surface area contributed by atoms with Crippen LogP contribution in [0.3, 0.4) is 0 Å². The zero-order valence-corrected chi connectivity index (χ0v) is 10.8. The number of anilines is 1. The predicted molar refractivity (Wildman–Crippen MR) is 70.1 cm³/mol. The fourth-order valence-electron chi connectivity index (χ4n) is 2.35. The number of rotatable bonds is 3. The van der Waals surface area contributed by atoms with Gasteiger partial charge in [-0.3, -0.25) is 0 Å². The minimum Gasteiger partial charge on any atom is -0.341 e. The third-order valence-corrected chi connectivity index (χ3v) is 3.63. The maximum absolute atomic E-state index is 5.70. The molecule has 4 nitrogen and oxygen atoms in total. The fourth-order valence-corrected chi connectivity index (χ4v) is 2.35. The van der Waals surface area contributed by atoms with Crippen LogP contribution in [0.1, 0.15) is 31.0 Å². The SMILES string of the molecule is CCc1nc(N2CCC(CN)CC2)ncc1C. The first-order valence-corrected chi connectivity index (χ1v) is 6.52. The second kappa shape index (κ2) is 5.45. The van der Waals surface area contributed by atoms with Gasteiger partial charge in [-0.05, 0) is 44.2 Å². The number of nitrogens with two attached hydrogens (primary N) is 1. The van der Waals surface area contributed by atoms with Gasteiger partial charge in [0.1, 0.15) is 0 Å². The molecule has 0 amide bonds. The monoisotopic (exact) mass is 234 g/mol. The van der Waals surface area contributed by atoms with E-state index in [9.17, 15) is 0 Å². The molecule has 0 aromatic carbocycles. The van der Waals surface area contributed by atoms with Crippen molar-refractivity contribution in [1.29, 1.82) is 0 Å². The van der Waals surface area contributed by atoms with Crippen molar-refractivity contribution < 1.29 is 0 Å². The Morgan fingerprint density at radius 3 is 2.71 bits per heavy atom. The summed E-state index contributed by atoms with van der Waals surface area (Å²) in [4.78, 5) is 11.4. The van der Waals surface area contributed by atoms with Gasteiger partial charge in [-0.15, -0.1) is 0 Å². The van der Waals surface area contributed by atoms with Crippen molar-refractivity contribution in [3.63, 3.8) is 0 Å². The van der Waals surface area contributed by atoms with Crippen molar-refractivity contribution in [3.8, 4) is 0 Å². The number of aromatic nitrogens is 2. The van der Waals surface area contributed by atoms with E-state index in [0.29, 0.717) is 5.92 Å². The third kappa shape index (κ3) is 2.75. The van der Waals surface area contributed by atoms with Gasteiger partial charge in [0.25, 0.3) is 0 Å². The first-order valence-electron chi connectivity index (χ1n) is 6.52. The summed E-state index contributed by atoms with van der Waals surface area (Å²) in [6.45, 7) is 7.09. The summed E-state index contributed by atoms with van der Waals surface area (Å²) in [5.41, 5.74) is 8.05. The lowest BCUT2D eigenvalue weighted by Gasteiger charge is -2.31. The highest BCUT2D eigenvalue weighted by Gasteiger charge is 2.20. The maximum atomic E-state index is 5.70. The number of piperidine rings is 1. The summed E-state index contributed by atoms with van der Waals surface area (Å²) in [7, 11) is 0. The maximum Gasteiger partial charge on any atom is 0.225 e. The highest BCUT2D eigenvalue weighted by molar-refractivity contribution is 5.33. The molecule has 0 unspecified atom stereocenters. The van der Waals surface area contributed by atoms with Crippen LogP contribution in [0.4, 0.5) is 5.95 Å². The molecule has 1 fully saturated rings. The summed E-state index contributed by atoms with van der Waals surface area (Å²) in [5.74, 6) is 1.57. The quantitative estimate of drug-likeness (QED) is 0.861. The van der Waals surface area contributed by atoms with E-state index in [4.69, 9.17) is 5.73 Å². The van der Waals surface area contributed by atoms with Crippen LogP contribution >= 0.6 is 0 Å². The van der Waals surface area contributed by atoms with E-state index in [1.54, 1.807) is 0 Å². The molecule has 0 radical (unpaired) electrons. The minimum atomic E-state index is 0.683. The Bertz CT molecular complexity index is 370. The normalized spacial score (nSPS) is 17.5. The second-order valence-corrected chi connectivity index (χ2v) is 4.82. The van der Waals surface area contributed by atoms with Gasteiger partial charge in [0.05, 0.1) is 0 Å². The summed E-state index contributed by atoms with van der Waals surface area (Å²) in [6, 6.07) is 0. The van der Waals surface area contributed by atoms with Crippen molar-refractivity contribution in [1.82, 2.24) is 9.97 Å². The molecule has 1 aromatic rings. The zero-order valence-electron chi connectivity index (χ0n) is 10.8. The molecule has 2 heterocycles. The van der Waals surface area contributed by atoms with E-state index in [1.165, 1.54) is 5.56 Å². The third-order valence-electron chi connectivity index (χ3n) is 3.63. The van der Waals surface area contributed by atoms with Gasteiger partial charge in [-0.2, -0.15) is 0 Å². The number of hydrogen-bond donors (Lipinski definition) is 1. The largest absolute Gasteiger partial charge is 0.341 e. The summed E-state index contributed by atoms with van der Waals surface area (Å²) in [6.07, 6.45) is 5.24. The lowest BCUT2D eigenvalue weighted by molar-refractivity contribution is 0.411. The molecular weight excluding hydrogens is 212 g/mol. The Hall–Kier alpha value is -1.16. The van der Waals surface area contributed by atoms with E-state index >= 15 is 0 Å². The summed E-state index contributed by atoms with van der Waals surface area (Å²) < 4.78 is 0. The molecule has 0 aliphatic carbocycles. The Balaban J connectivity index is 2.08. The molecule has 2 N–H and O–H groups in total. The van der Waals surface area contributed by atoms with E-state index in [1.807, 2.05) is 6.20 Å². The van der Waals surface area contributed by atoms with Crippen molar-refractivity contribution >= 4 is 5.95 Å². The first kappa shape index (κ1) is 12.3. The van der Waals surface area contributed by atoms with Crippen molar-refractivity contribution in [2.75, 3.05) is 24.5 Å². The van der Waals surface area contributed by atoms with Crippen LogP contribution in [0.25, 0.3) is 0 Å². The molecule has 94 valence electrons. The lowest BCUT2D eigenvalue weighted by atomic mass is 9.97. The topological polar surface area (TPSA) is 55.0 Å². The molecule has 1 aliphatic rings. The molecular formula is C13H22N4. The average molecular weight is 234 g/mol. The van der Waals surface area contributed by atoms with Crippen LogP contribution in [0.15, 0.2) is 6.20 Å². The Kier molecular flexibility index (Phi) is 3.94. The van der Waals surface area contributed by atoms with Gasteiger partial charge in [0, 0.05) is 25.0 Å². The summed E-state index contributed by atoms with van der Waals surface area (Å²) >= 11 is 0. The number of nitrogens with zero attached hydrogens (tertiary/aromatic N) is 3. The van der Waals surface area contributed by atoms with Crippen LogP contribution in [-0.4, -0.2) is 29.6 Å². The second-order valence-electron chi connectivity index (χ2n) is 4.82. The van der Waals surface area contributed by atoms with Gasteiger partial charge in [0.15, 0.2) is 0 Å². The van der Waals surface area contributed by atoms with E-state index in [-0.39, 0.29) is 0 Å². The Labute approximate surface area is 103 Å². The zero-order chi connectivity index (χ0) is 12.3. The lowest BCUT2D eigenvalue weighted by Crippen LogP contribution is -2.37. The van der Waals surface area contributed by atoms with Gasteiger partial charge >= 0.3 is 0 Å². The Morgan fingerprint density at radius 1 is 1.41 bits per heavy atom. The average Bonchev–Trinajstić information content (AvgIpc) is 2.39. The van der Waals surface area contributed by atoms with Crippen LogP contribution in [0.5, 0.6) is 0 Å². The van der Waals surface area contributed by atoms with E-state index in [0.717, 1.165) is 50.5 Å². The molecule has 1 saturated heterocycles. The Morgan fingerprint density at radius 2 is 2.12 bits per heavy atom. The summed E-state index contributed by atoms with van der Waals surface area (Å²) in [5, 5.41) is 0. The van der Waals surface area contributed by atoms with E-state index in [2.05, 4.69) is 28.7 Å². The molecule has 0 saturated carbocycles. The molecule has 4 heteroatoms. The van der Waals surface area contributed by atoms with Crippen molar-refractivity contribution in [2.24, 2.45) is 11.7 Å². The van der Waals surface area contributed by atoms with Gasteiger partial charge in [-0.25, -0.2) is 9.97 Å². The van der Waals surface area contributed by atoms with Crippen molar-refractivity contribution in [2.45, 2.75) is 33.1 Å². The highest BCUT2D eigenvalue weighted by Crippen LogP contribution is 2.20. The van der Waals surface area contributed by atoms with Crippen LogP contribution in [0, 0.1) is 12.8 Å². The van der Waals surface area contributed by atoms with Crippen molar-refractivity contribution in [3.05, 3.63) is 17.5 Å². The van der Waals surface area contributed by atoms with Crippen LogP contribution in [-0.2, 0) is 6.42 Å². The minimum absolute atomic E-state index is 0.683. The van der Waals surface area contributed by atoms with E-state index < -0.39 is 0 Å². The molecule has 1 aromatic heterocycles. The first-order chi connectivity index (χ1) is 8.24. The van der Waals surface area contributed by atoms with Crippen LogP contribution < -0.4 is 10.6 Å². The smallest absolute Gasteiger partial charge is 0.225 e.